The molecular formula is C15H20N4O3. The van der Waals surface area contributed by atoms with E-state index < -0.39 is 0 Å². The molecule has 1 N–H and O–H groups in total. The molecule has 7 heteroatoms. The van der Waals surface area contributed by atoms with Crippen LogP contribution in [0.1, 0.15) is 34.6 Å². The first-order valence-corrected chi connectivity index (χ1v) is 7.37. The van der Waals surface area contributed by atoms with Gasteiger partial charge in [-0.2, -0.15) is 0 Å². The van der Waals surface area contributed by atoms with Gasteiger partial charge in [-0.05, 0) is 20.8 Å². The van der Waals surface area contributed by atoms with E-state index in [1.807, 2.05) is 25.7 Å². The monoisotopic (exact) mass is 304 g/mol. The van der Waals surface area contributed by atoms with Crippen molar-refractivity contribution in [3.05, 3.63) is 34.7 Å². The van der Waals surface area contributed by atoms with Crippen molar-refractivity contribution >= 4 is 5.91 Å². The molecule has 2 aromatic rings. The quantitative estimate of drug-likeness (QED) is 0.928. The molecule has 0 spiro atoms. The number of hydrogen-bond donors (Lipinski definition) is 1. The molecule has 0 radical (unpaired) electrons. The Balaban J connectivity index is 1.68. The fourth-order valence-corrected chi connectivity index (χ4v) is 2.66. The molecule has 1 fully saturated rings. The zero-order valence-corrected chi connectivity index (χ0v) is 13.0. The van der Waals surface area contributed by atoms with Crippen molar-refractivity contribution in [3.8, 4) is 0 Å². The number of morpholine rings is 1. The first-order valence-electron chi connectivity index (χ1n) is 7.37. The van der Waals surface area contributed by atoms with Gasteiger partial charge in [-0.3, -0.25) is 4.79 Å². The van der Waals surface area contributed by atoms with Gasteiger partial charge in [0.05, 0.1) is 25.3 Å². The zero-order valence-electron chi connectivity index (χ0n) is 13.0. The van der Waals surface area contributed by atoms with E-state index in [2.05, 4.69) is 15.1 Å². The predicted molar refractivity (Wildman–Crippen MR) is 78.3 cm³/mol. The van der Waals surface area contributed by atoms with Crippen molar-refractivity contribution in [2.75, 3.05) is 19.7 Å². The Kier molecular flexibility index (Phi) is 3.98. The molecule has 3 heterocycles. The normalized spacial score (nSPS) is 18.7. The smallest absolute Gasteiger partial charge is 0.227 e. The molecule has 1 amide bonds. The van der Waals surface area contributed by atoms with Crippen molar-refractivity contribution in [3.63, 3.8) is 0 Å². The van der Waals surface area contributed by atoms with Crippen molar-refractivity contribution < 1.29 is 14.1 Å². The molecule has 1 aliphatic rings. The summed E-state index contributed by atoms with van der Waals surface area (Å²) >= 11 is 0. The minimum absolute atomic E-state index is 0.0611. The van der Waals surface area contributed by atoms with Crippen molar-refractivity contribution in [2.45, 2.75) is 33.3 Å². The molecule has 1 aliphatic heterocycles. The van der Waals surface area contributed by atoms with E-state index in [-0.39, 0.29) is 12.0 Å². The van der Waals surface area contributed by atoms with Crippen LogP contribution in [0.25, 0.3) is 0 Å². The summed E-state index contributed by atoms with van der Waals surface area (Å²) in [6, 6.07) is 0. The Morgan fingerprint density at radius 2 is 2.27 bits per heavy atom. The third-order valence-corrected chi connectivity index (χ3v) is 3.96. The number of carbonyl (C=O) groups is 1. The number of rotatable bonds is 3. The molecule has 0 bridgehead atoms. The Hall–Kier alpha value is -2.15. The van der Waals surface area contributed by atoms with Crippen LogP contribution in [0.2, 0.25) is 0 Å². The molecule has 1 atom stereocenters. The minimum Gasteiger partial charge on any atom is -0.367 e. The van der Waals surface area contributed by atoms with Gasteiger partial charge >= 0.3 is 0 Å². The number of carbonyl (C=O) groups excluding carboxylic acids is 1. The van der Waals surface area contributed by atoms with Crippen LogP contribution in [0.15, 0.2) is 10.7 Å². The molecule has 0 aromatic carbocycles. The average molecular weight is 304 g/mol. The van der Waals surface area contributed by atoms with Crippen LogP contribution < -0.4 is 0 Å². The van der Waals surface area contributed by atoms with Gasteiger partial charge in [0.25, 0.3) is 0 Å². The lowest BCUT2D eigenvalue weighted by Gasteiger charge is -2.32. The van der Waals surface area contributed by atoms with Crippen LogP contribution in [0, 0.1) is 20.8 Å². The highest BCUT2D eigenvalue weighted by atomic mass is 16.5. The Labute approximate surface area is 128 Å². The van der Waals surface area contributed by atoms with E-state index in [1.165, 1.54) is 0 Å². The Morgan fingerprint density at radius 3 is 2.91 bits per heavy atom. The molecule has 3 rings (SSSR count). The van der Waals surface area contributed by atoms with Gasteiger partial charge in [-0.15, -0.1) is 0 Å². The molecule has 1 saturated heterocycles. The van der Waals surface area contributed by atoms with Crippen LogP contribution >= 0.6 is 0 Å². The summed E-state index contributed by atoms with van der Waals surface area (Å²) in [5.74, 6) is 1.54. The van der Waals surface area contributed by atoms with E-state index in [0.29, 0.717) is 31.9 Å². The molecular weight excluding hydrogens is 284 g/mol. The van der Waals surface area contributed by atoms with Crippen LogP contribution in [-0.2, 0) is 16.0 Å². The summed E-state index contributed by atoms with van der Waals surface area (Å²) in [6.07, 6.45) is 1.88. The fraction of sp³-hybridized carbons (Fsp3) is 0.533. The molecule has 2 aromatic heterocycles. The second kappa shape index (κ2) is 5.92. The molecule has 7 nitrogen and oxygen atoms in total. The second-order valence-corrected chi connectivity index (χ2v) is 5.63. The molecule has 0 unspecified atom stereocenters. The number of nitrogens with one attached hydrogen (secondary N) is 1. The van der Waals surface area contributed by atoms with Crippen LogP contribution in [0.3, 0.4) is 0 Å². The minimum atomic E-state index is -0.198. The summed E-state index contributed by atoms with van der Waals surface area (Å²) in [7, 11) is 0. The van der Waals surface area contributed by atoms with Crippen LogP contribution in [-0.4, -0.2) is 45.6 Å². The van der Waals surface area contributed by atoms with Gasteiger partial charge < -0.3 is 19.1 Å². The third-order valence-electron chi connectivity index (χ3n) is 3.96. The van der Waals surface area contributed by atoms with Crippen molar-refractivity contribution in [2.24, 2.45) is 0 Å². The maximum atomic E-state index is 12.5. The number of amides is 1. The number of imidazole rings is 1. The number of H-pyrrole nitrogens is 1. The average Bonchev–Trinajstić information content (AvgIpc) is 3.08. The number of aromatic amines is 1. The first kappa shape index (κ1) is 14.8. The van der Waals surface area contributed by atoms with E-state index in [4.69, 9.17) is 9.26 Å². The SMILES string of the molecule is Cc1cnc([C@@H]2CN(C(=O)Cc3c(C)noc3C)CCO2)[nH]1. The molecule has 22 heavy (non-hydrogen) atoms. The highest BCUT2D eigenvalue weighted by Crippen LogP contribution is 2.21. The maximum absolute atomic E-state index is 12.5. The van der Waals surface area contributed by atoms with Crippen LogP contribution in [0.4, 0.5) is 0 Å². The predicted octanol–water partition coefficient (Wildman–Crippen LogP) is 1.47. The zero-order chi connectivity index (χ0) is 15.7. The number of nitrogens with zero attached hydrogens (tertiary/aromatic N) is 3. The standard InChI is InChI=1S/C15H20N4O3/c1-9-7-16-15(17-9)13-8-19(4-5-21-13)14(20)6-12-10(2)18-22-11(12)3/h7,13H,4-6,8H2,1-3H3,(H,16,17)/t13-/m0/s1. The van der Waals surface area contributed by atoms with Gasteiger partial charge in [0.1, 0.15) is 17.7 Å². The second-order valence-electron chi connectivity index (χ2n) is 5.63. The third kappa shape index (κ3) is 2.89. The molecule has 0 aliphatic carbocycles. The molecule has 118 valence electrons. The summed E-state index contributed by atoms with van der Waals surface area (Å²) in [6.45, 7) is 7.24. The Bertz CT molecular complexity index is 657. The lowest BCUT2D eigenvalue weighted by Crippen LogP contribution is -2.43. The van der Waals surface area contributed by atoms with Gasteiger partial charge in [0.15, 0.2) is 0 Å². The lowest BCUT2D eigenvalue weighted by molar-refractivity contribution is -0.138. The van der Waals surface area contributed by atoms with Gasteiger partial charge in [0, 0.05) is 24.0 Å². The largest absolute Gasteiger partial charge is 0.367 e. The lowest BCUT2D eigenvalue weighted by atomic mass is 10.1. The topological polar surface area (TPSA) is 84.2 Å². The maximum Gasteiger partial charge on any atom is 0.227 e. The number of hydrogen-bond acceptors (Lipinski definition) is 5. The Morgan fingerprint density at radius 1 is 1.45 bits per heavy atom. The summed E-state index contributed by atoms with van der Waals surface area (Å²) in [5, 5.41) is 3.89. The first-order chi connectivity index (χ1) is 10.5. The highest BCUT2D eigenvalue weighted by molar-refractivity contribution is 5.79. The van der Waals surface area contributed by atoms with E-state index in [9.17, 15) is 4.79 Å². The summed E-state index contributed by atoms with van der Waals surface area (Å²) in [4.78, 5) is 21.8. The van der Waals surface area contributed by atoms with Crippen molar-refractivity contribution in [1.82, 2.24) is 20.0 Å². The van der Waals surface area contributed by atoms with Crippen molar-refractivity contribution in [1.29, 1.82) is 0 Å². The van der Waals surface area contributed by atoms with Gasteiger partial charge in [0.2, 0.25) is 5.91 Å². The van der Waals surface area contributed by atoms with Crippen LogP contribution in [0.5, 0.6) is 0 Å². The number of ether oxygens (including phenoxy) is 1. The number of aromatic nitrogens is 3. The van der Waals surface area contributed by atoms with Gasteiger partial charge in [-0.25, -0.2) is 4.98 Å². The summed E-state index contributed by atoms with van der Waals surface area (Å²) < 4.78 is 10.8. The summed E-state index contributed by atoms with van der Waals surface area (Å²) in [5.41, 5.74) is 2.64. The fourth-order valence-electron chi connectivity index (χ4n) is 2.66. The highest BCUT2D eigenvalue weighted by Gasteiger charge is 2.28. The number of aryl methyl sites for hydroxylation is 3. The van der Waals surface area contributed by atoms with Gasteiger partial charge in [-0.1, -0.05) is 5.16 Å². The molecule has 0 saturated carbocycles. The van der Waals surface area contributed by atoms with E-state index in [1.54, 1.807) is 6.20 Å². The van der Waals surface area contributed by atoms with E-state index >= 15 is 0 Å². The van der Waals surface area contributed by atoms with E-state index in [0.717, 1.165) is 22.8 Å².